The van der Waals surface area contributed by atoms with E-state index >= 15 is 0 Å². The van der Waals surface area contributed by atoms with Crippen molar-refractivity contribution in [1.29, 1.82) is 0 Å². The predicted molar refractivity (Wildman–Crippen MR) is 80.1 cm³/mol. The fourth-order valence-electron chi connectivity index (χ4n) is 2.24. The first-order chi connectivity index (χ1) is 9.22. The molecule has 2 rings (SSSR count). The molecule has 0 spiro atoms. The lowest BCUT2D eigenvalue weighted by Crippen LogP contribution is -2.41. The van der Waals surface area contributed by atoms with E-state index in [4.69, 9.17) is 16.3 Å². The van der Waals surface area contributed by atoms with Gasteiger partial charge in [0.15, 0.2) is 0 Å². The molecule has 0 unspecified atom stereocenters. The third-order valence-corrected chi connectivity index (χ3v) is 3.92. The van der Waals surface area contributed by atoms with Crippen molar-refractivity contribution >= 4 is 33.4 Å². The van der Waals surface area contributed by atoms with Crippen molar-refractivity contribution in [3.63, 3.8) is 0 Å². The highest BCUT2D eigenvalue weighted by Crippen LogP contribution is 2.20. The maximum atomic E-state index is 12.3. The van der Waals surface area contributed by atoms with Gasteiger partial charge in [-0.1, -0.05) is 39.7 Å². The summed E-state index contributed by atoms with van der Waals surface area (Å²) in [6, 6.07) is 7.20. The average Bonchev–Trinajstić information content (AvgIpc) is 2.45. The number of hydrogen-bond acceptors (Lipinski definition) is 2. The van der Waals surface area contributed by atoms with Crippen LogP contribution in [0.5, 0.6) is 0 Å². The van der Waals surface area contributed by atoms with Gasteiger partial charge in [-0.2, -0.15) is 0 Å². The van der Waals surface area contributed by atoms with E-state index in [1.54, 1.807) is 12.1 Å². The number of piperidine rings is 1. The number of halogens is 2. The minimum atomic E-state index is 0.0181. The Kier molecular flexibility index (Phi) is 5.67. The van der Waals surface area contributed by atoms with Gasteiger partial charge in [0.05, 0.1) is 23.3 Å². The van der Waals surface area contributed by atoms with Crippen LogP contribution >= 0.6 is 27.5 Å². The van der Waals surface area contributed by atoms with Gasteiger partial charge in [-0.3, -0.25) is 4.79 Å². The molecule has 1 aliphatic heterocycles. The van der Waals surface area contributed by atoms with E-state index in [-0.39, 0.29) is 12.0 Å². The van der Waals surface area contributed by atoms with Crippen molar-refractivity contribution in [3.05, 3.63) is 34.9 Å². The van der Waals surface area contributed by atoms with Crippen molar-refractivity contribution < 1.29 is 9.53 Å². The summed E-state index contributed by atoms with van der Waals surface area (Å²) < 4.78 is 5.68. The van der Waals surface area contributed by atoms with Crippen LogP contribution in [0, 0.1) is 0 Å². The summed E-state index contributed by atoms with van der Waals surface area (Å²) in [5.74, 6) is 0.0181. The maximum Gasteiger partial charge on any atom is 0.255 e. The standard InChI is InChI=1S/C14H17BrClNO2/c15-7-10-19-11-5-8-17(9-6-11)14(18)12-3-1-2-4-13(12)16/h1-4,11H,5-10H2. The molecule has 5 heteroatoms. The summed E-state index contributed by atoms with van der Waals surface area (Å²) in [5.41, 5.74) is 0.587. The van der Waals surface area contributed by atoms with Crippen LogP contribution in [-0.4, -0.2) is 41.9 Å². The second kappa shape index (κ2) is 7.27. The summed E-state index contributed by atoms with van der Waals surface area (Å²) in [6.07, 6.45) is 2.06. The number of nitrogens with zero attached hydrogens (tertiary/aromatic N) is 1. The third kappa shape index (κ3) is 3.94. The second-order valence-electron chi connectivity index (χ2n) is 4.53. The highest BCUT2D eigenvalue weighted by atomic mass is 79.9. The molecule has 3 nitrogen and oxygen atoms in total. The Balaban J connectivity index is 1.91. The molecule has 104 valence electrons. The van der Waals surface area contributed by atoms with Gasteiger partial charge in [-0.15, -0.1) is 0 Å². The Bertz CT molecular complexity index is 433. The molecule has 1 fully saturated rings. The van der Waals surface area contributed by atoms with Crippen molar-refractivity contribution in [2.75, 3.05) is 25.0 Å². The Hall–Kier alpha value is -0.580. The predicted octanol–water partition coefficient (Wildman–Crippen LogP) is 3.36. The number of carbonyl (C=O) groups excluding carboxylic acids is 1. The van der Waals surface area contributed by atoms with Crippen LogP contribution < -0.4 is 0 Å². The van der Waals surface area contributed by atoms with Crippen LogP contribution in [0.2, 0.25) is 5.02 Å². The quantitative estimate of drug-likeness (QED) is 0.782. The molecule has 0 bridgehead atoms. The van der Waals surface area contributed by atoms with Crippen LogP contribution in [-0.2, 0) is 4.74 Å². The third-order valence-electron chi connectivity index (χ3n) is 3.26. The van der Waals surface area contributed by atoms with E-state index in [1.807, 2.05) is 17.0 Å². The van der Waals surface area contributed by atoms with Crippen LogP contribution in [0.15, 0.2) is 24.3 Å². The number of rotatable bonds is 4. The van der Waals surface area contributed by atoms with Gasteiger partial charge in [0.25, 0.3) is 5.91 Å². The topological polar surface area (TPSA) is 29.5 Å². The number of amides is 1. The lowest BCUT2D eigenvalue weighted by molar-refractivity contribution is 0.0160. The number of benzene rings is 1. The number of carbonyl (C=O) groups is 1. The van der Waals surface area contributed by atoms with Gasteiger partial charge >= 0.3 is 0 Å². The Morgan fingerprint density at radius 1 is 1.37 bits per heavy atom. The first-order valence-corrected chi connectivity index (χ1v) is 7.93. The lowest BCUT2D eigenvalue weighted by atomic mass is 10.1. The summed E-state index contributed by atoms with van der Waals surface area (Å²) in [5, 5.41) is 1.37. The molecule has 1 amide bonds. The average molecular weight is 347 g/mol. The zero-order valence-electron chi connectivity index (χ0n) is 10.6. The summed E-state index contributed by atoms with van der Waals surface area (Å²) >= 11 is 9.40. The monoisotopic (exact) mass is 345 g/mol. The van der Waals surface area contributed by atoms with Gasteiger partial charge in [0.2, 0.25) is 0 Å². The van der Waals surface area contributed by atoms with Gasteiger partial charge in [0.1, 0.15) is 0 Å². The van der Waals surface area contributed by atoms with Crippen molar-refractivity contribution in [3.8, 4) is 0 Å². The first-order valence-electron chi connectivity index (χ1n) is 6.43. The zero-order chi connectivity index (χ0) is 13.7. The van der Waals surface area contributed by atoms with Crippen molar-refractivity contribution in [2.45, 2.75) is 18.9 Å². The molecule has 0 N–H and O–H groups in total. The van der Waals surface area contributed by atoms with E-state index in [1.165, 1.54) is 0 Å². The van der Waals surface area contributed by atoms with Gasteiger partial charge in [-0.05, 0) is 25.0 Å². The van der Waals surface area contributed by atoms with Crippen LogP contribution in [0.3, 0.4) is 0 Å². The molecule has 0 saturated carbocycles. The first kappa shape index (κ1) is 14.8. The highest BCUT2D eigenvalue weighted by Gasteiger charge is 2.24. The zero-order valence-corrected chi connectivity index (χ0v) is 13.0. The molecule has 1 heterocycles. The summed E-state index contributed by atoms with van der Waals surface area (Å²) in [4.78, 5) is 14.2. The highest BCUT2D eigenvalue weighted by molar-refractivity contribution is 9.09. The smallest absolute Gasteiger partial charge is 0.255 e. The lowest BCUT2D eigenvalue weighted by Gasteiger charge is -2.32. The fourth-order valence-corrected chi connectivity index (χ4v) is 2.65. The fraction of sp³-hybridized carbons (Fsp3) is 0.500. The molecule has 1 aliphatic rings. The number of hydrogen-bond donors (Lipinski definition) is 0. The minimum absolute atomic E-state index is 0.0181. The molecular formula is C14H17BrClNO2. The largest absolute Gasteiger partial charge is 0.377 e. The Labute approximate surface area is 127 Å². The molecule has 1 aromatic carbocycles. The Morgan fingerprint density at radius 2 is 2.05 bits per heavy atom. The van der Waals surface area contributed by atoms with E-state index < -0.39 is 0 Å². The van der Waals surface area contributed by atoms with Crippen molar-refractivity contribution in [2.24, 2.45) is 0 Å². The normalized spacial score (nSPS) is 16.6. The number of likely N-dealkylation sites (tertiary alicyclic amines) is 1. The number of ether oxygens (including phenoxy) is 1. The van der Waals surface area contributed by atoms with Crippen molar-refractivity contribution in [1.82, 2.24) is 4.90 Å². The van der Waals surface area contributed by atoms with Crippen LogP contribution in [0.1, 0.15) is 23.2 Å². The van der Waals surface area contributed by atoms with Gasteiger partial charge < -0.3 is 9.64 Å². The minimum Gasteiger partial charge on any atom is -0.377 e. The maximum absolute atomic E-state index is 12.3. The van der Waals surface area contributed by atoms with Crippen LogP contribution in [0.4, 0.5) is 0 Å². The summed E-state index contributed by atoms with van der Waals surface area (Å²) in [7, 11) is 0. The SMILES string of the molecule is O=C(c1ccccc1Cl)N1CCC(OCCBr)CC1. The van der Waals surface area contributed by atoms with E-state index in [0.29, 0.717) is 10.6 Å². The van der Waals surface area contributed by atoms with Gasteiger partial charge in [0, 0.05) is 18.4 Å². The van der Waals surface area contributed by atoms with E-state index in [2.05, 4.69) is 15.9 Å². The molecule has 19 heavy (non-hydrogen) atoms. The Morgan fingerprint density at radius 3 is 2.68 bits per heavy atom. The summed E-state index contributed by atoms with van der Waals surface area (Å²) in [6.45, 7) is 2.19. The van der Waals surface area contributed by atoms with Gasteiger partial charge in [-0.25, -0.2) is 0 Å². The second-order valence-corrected chi connectivity index (χ2v) is 5.73. The molecule has 0 aliphatic carbocycles. The molecule has 1 saturated heterocycles. The number of alkyl halides is 1. The van der Waals surface area contributed by atoms with E-state index in [9.17, 15) is 4.79 Å². The molecule has 1 aromatic rings. The van der Waals surface area contributed by atoms with Crippen LogP contribution in [0.25, 0.3) is 0 Å². The molecular weight excluding hydrogens is 330 g/mol. The molecule has 0 atom stereocenters. The molecule has 0 aromatic heterocycles. The van der Waals surface area contributed by atoms with E-state index in [0.717, 1.165) is 37.9 Å². The molecule has 0 radical (unpaired) electrons.